The molecule has 2 amide bonds. The average Bonchev–Trinajstić information content (AvgIpc) is 2.75. The summed E-state index contributed by atoms with van der Waals surface area (Å²) in [5.74, 6) is -0.648. The molecule has 2 aliphatic rings. The van der Waals surface area contributed by atoms with Crippen molar-refractivity contribution < 1.29 is 18.7 Å². The van der Waals surface area contributed by atoms with Crippen LogP contribution in [-0.2, 0) is 14.3 Å². The second-order valence-electron chi connectivity index (χ2n) is 8.51. The Hall–Kier alpha value is -2.41. The van der Waals surface area contributed by atoms with Crippen LogP contribution in [0.5, 0.6) is 0 Å². The van der Waals surface area contributed by atoms with E-state index in [4.69, 9.17) is 4.74 Å². The summed E-state index contributed by atoms with van der Waals surface area (Å²) in [7, 11) is 2.05. The van der Waals surface area contributed by atoms with E-state index in [0.717, 1.165) is 51.6 Å². The van der Waals surface area contributed by atoms with E-state index in [2.05, 4.69) is 17.1 Å². The SMILES string of the molecule is CCCCN(C)CCNC(=O)CN1C(=O)/C(=C\c2cccc(F)c2)OC2CCCCC21. The van der Waals surface area contributed by atoms with Crippen LogP contribution in [0.15, 0.2) is 30.0 Å². The molecule has 0 bridgehead atoms. The van der Waals surface area contributed by atoms with Gasteiger partial charge in [0.15, 0.2) is 5.76 Å². The van der Waals surface area contributed by atoms with E-state index in [-0.39, 0.29) is 42.1 Å². The number of hydrogen-bond donors (Lipinski definition) is 1. The van der Waals surface area contributed by atoms with Gasteiger partial charge in [0.2, 0.25) is 5.91 Å². The fourth-order valence-electron chi connectivity index (χ4n) is 4.25. The summed E-state index contributed by atoms with van der Waals surface area (Å²) in [6, 6.07) is 5.96. The van der Waals surface area contributed by atoms with Gasteiger partial charge in [-0.15, -0.1) is 0 Å². The van der Waals surface area contributed by atoms with E-state index < -0.39 is 0 Å². The van der Waals surface area contributed by atoms with Crippen LogP contribution < -0.4 is 5.32 Å². The van der Waals surface area contributed by atoms with Crippen molar-refractivity contribution in [1.82, 2.24) is 15.1 Å². The van der Waals surface area contributed by atoms with E-state index in [0.29, 0.717) is 12.1 Å². The number of nitrogens with one attached hydrogen (secondary N) is 1. The number of ether oxygens (including phenoxy) is 1. The highest BCUT2D eigenvalue weighted by atomic mass is 19.1. The number of unbranched alkanes of at least 4 members (excludes halogenated alkanes) is 1. The van der Waals surface area contributed by atoms with Crippen molar-refractivity contribution in [2.24, 2.45) is 0 Å². The smallest absolute Gasteiger partial charge is 0.289 e. The molecule has 31 heavy (non-hydrogen) atoms. The van der Waals surface area contributed by atoms with Gasteiger partial charge in [0.25, 0.3) is 5.91 Å². The number of likely N-dealkylation sites (N-methyl/N-ethyl adjacent to an activating group) is 1. The molecule has 1 saturated heterocycles. The van der Waals surface area contributed by atoms with Crippen LogP contribution in [0, 0.1) is 5.82 Å². The zero-order valence-corrected chi connectivity index (χ0v) is 18.6. The van der Waals surface area contributed by atoms with Crippen LogP contribution in [0.2, 0.25) is 0 Å². The molecule has 1 aliphatic heterocycles. The summed E-state index contributed by atoms with van der Waals surface area (Å²) < 4.78 is 19.6. The molecule has 0 spiro atoms. The van der Waals surface area contributed by atoms with Crippen LogP contribution in [0.4, 0.5) is 4.39 Å². The maximum Gasteiger partial charge on any atom is 0.289 e. The van der Waals surface area contributed by atoms with Crippen LogP contribution in [0.25, 0.3) is 6.08 Å². The number of rotatable bonds is 9. The van der Waals surface area contributed by atoms with E-state index >= 15 is 0 Å². The molecule has 1 N–H and O–H groups in total. The highest BCUT2D eigenvalue weighted by Gasteiger charge is 2.42. The molecule has 2 unspecified atom stereocenters. The Kier molecular flexibility index (Phi) is 8.46. The molecule has 2 atom stereocenters. The molecule has 0 aromatic heterocycles. The first-order chi connectivity index (χ1) is 15.0. The number of carbonyl (C=O) groups is 2. The number of morpholine rings is 1. The van der Waals surface area contributed by atoms with Crippen molar-refractivity contribution >= 4 is 17.9 Å². The second-order valence-corrected chi connectivity index (χ2v) is 8.51. The van der Waals surface area contributed by atoms with Crippen molar-refractivity contribution in [2.75, 3.05) is 33.2 Å². The lowest BCUT2D eigenvalue weighted by atomic mass is 9.89. The minimum Gasteiger partial charge on any atom is -0.482 e. The lowest BCUT2D eigenvalue weighted by molar-refractivity contribution is -0.151. The van der Waals surface area contributed by atoms with Gasteiger partial charge in [-0.2, -0.15) is 0 Å². The summed E-state index contributed by atoms with van der Waals surface area (Å²) in [6.45, 7) is 4.51. The number of carbonyl (C=O) groups excluding carboxylic acids is 2. The lowest BCUT2D eigenvalue weighted by Gasteiger charge is -2.44. The van der Waals surface area contributed by atoms with Gasteiger partial charge < -0.3 is 19.9 Å². The third-order valence-electron chi connectivity index (χ3n) is 5.99. The number of halogens is 1. The molecule has 6 nitrogen and oxygen atoms in total. The minimum absolute atomic E-state index is 0.0164. The van der Waals surface area contributed by atoms with Crippen molar-refractivity contribution in [3.8, 4) is 0 Å². The van der Waals surface area contributed by atoms with Gasteiger partial charge in [-0.05, 0) is 63.0 Å². The Morgan fingerprint density at radius 2 is 2.13 bits per heavy atom. The molecule has 1 aliphatic carbocycles. The Morgan fingerprint density at radius 1 is 1.32 bits per heavy atom. The second kappa shape index (κ2) is 11.3. The molecule has 7 heteroatoms. The zero-order valence-electron chi connectivity index (χ0n) is 18.6. The van der Waals surface area contributed by atoms with Crippen molar-refractivity contribution in [2.45, 2.75) is 57.6 Å². The Labute approximate surface area is 184 Å². The monoisotopic (exact) mass is 431 g/mol. The summed E-state index contributed by atoms with van der Waals surface area (Å²) in [6.07, 6.45) is 7.45. The molecular weight excluding hydrogens is 397 g/mol. The van der Waals surface area contributed by atoms with Crippen LogP contribution in [-0.4, -0.2) is 67.0 Å². The summed E-state index contributed by atoms with van der Waals surface area (Å²) in [4.78, 5) is 29.6. The lowest BCUT2D eigenvalue weighted by Crippen LogP contribution is -2.57. The Balaban J connectivity index is 1.65. The van der Waals surface area contributed by atoms with Crippen molar-refractivity contribution in [1.29, 1.82) is 0 Å². The molecule has 1 aromatic rings. The fourth-order valence-corrected chi connectivity index (χ4v) is 4.25. The average molecular weight is 432 g/mol. The third-order valence-corrected chi connectivity index (χ3v) is 5.99. The Morgan fingerprint density at radius 3 is 2.90 bits per heavy atom. The predicted octanol–water partition coefficient (Wildman–Crippen LogP) is 3.18. The number of hydrogen-bond acceptors (Lipinski definition) is 4. The van der Waals surface area contributed by atoms with Crippen LogP contribution >= 0.6 is 0 Å². The number of amides is 2. The van der Waals surface area contributed by atoms with Crippen molar-refractivity contribution in [3.05, 3.63) is 41.4 Å². The minimum atomic E-state index is -0.367. The van der Waals surface area contributed by atoms with Gasteiger partial charge in [0, 0.05) is 13.1 Å². The summed E-state index contributed by atoms with van der Waals surface area (Å²) in [5.41, 5.74) is 0.567. The molecule has 1 heterocycles. The quantitative estimate of drug-likeness (QED) is 0.610. The van der Waals surface area contributed by atoms with Gasteiger partial charge in [-0.1, -0.05) is 31.9 Å². The van der Waals surface area contributed by atoms with Crippen LogP contribution in [0.3, 0.4) is 0 Å². The first-order valence-corrected chi connectivity index (χ1v) is 11.4. The third kappa shape index (κ3) is 6.53. The van der Waals surface area contributed by atoms with E-state index in [1.54, 1.807) is 23.1 Å². The fraction of sp³-hybridized carbons (Fsp3) is 0.583. The van der Waals surface area contributed by atoms with Crippen LogP contribution in [0.1, 0.15) is 51.0 Å². The molecular formula is C24H34FN3O3. The van der Waals surface area contributed by atoms with E-state index in [1.165, 1.54) is 12.1 Å². The topological polar surface area (TPSA) is 61.9 Å². The molecule has 1 aromatic carbocycles. The molecule has 1 saturated carbocycles. The Bertz CT molecular complexity index is 798. The van der Waals surface area contributed by atoms with Gasteiger partial charge in [-0.25, -0.2) is 4.39 Å². The molecule has 0 radical (unpaired) electrons. The maximum absolute atomic E-state index is 13.6. The summed E-state index contributed by atoms with van der Waals surface area (Å²) in [5, 5.41) is 2.94. The van der Waals surface area contributed by atoms with E-state index in [1.807, 2.05) is 7.05 Å². The zero-order chi connectivity index (χ0) is 22.2. The van der Waals surface area contributed by atoms with Crippen molar-refractivity contribution in [3.63, 3.8) is 0 Å². The number of benzene rings is 1. The first kappa shape index (κ1) is 23.3. The highest BCUT2D eigenvalue weighted by Crippen LogP contribution is 2.33. The van der Waals surface area contributed by atoms with Gasteiger partial charge >= 0.3 is 0 Å². The predicted molar refractivity (Wildman–Crippen MR) is 119 cm³/mol. The molecule has 3 rings (SSSR count). The van der Waals surface area contributed by atoms with Gasteiger partial charge in [0.1, 0.15) is 18.5 Å². The van der Waals surface area contributed by atoms with Gasteiger partial charge in [0.05, 0.1) is 6.04 Å². The number of fused-ring (bicyclic) bond motifs is 1. The standard InChI is InChI=1S/C24H34FN3O3/c1-3-4-13-27(2)14-12-26-23(29)17-28-20-10-5-6-11-21(20)31-22(24(28)30)16-18-8-7-9-19(25)15-18/h7-9,15-16,20-21H,3-6,10-14,17H2,1-2H3,(H,26,29)/b22-16+. The first-order valence-electron chi connectivity index (χ1n) is 11.4. The van der Waals surface area contributed by atoms with Gasteiger partial charge in [-0.3, -0.25) is 9.59 Å². The molecule has 170 valence electrons. The molecule has 2 fully saturated rings. The highest BCUT2D eigenvalue weighted by molar-refractivity contribution is 5.98. The number of nitrogens with zero attached hydrogens (tertiary/aromatic N) is 2. The van der Waals surface area contributed by atoms with E-state index in [9.17, 15) is 14.0 Å². The summed E-state index contributed by atoms with van der Waals surface area (Å²) >= 11 is 0. The maximum atomic E-state index is 13.6. The normalized spacial score (nSPS) is 22.4. The largest absolute Gasteiger partial charge is 0.482 e.